The molecule has 2 rings (SSSR count). The molecular weight excluding hydrogens is 152 g/mol. The Morgan fingerprint density at radius 3 is 2.92 bits per heavy atom. The van der Waals surface area contributed by atoms with Crippen molar-refractivity contribution in [1.82, 2.24) is 0 Å². The van der Waals surface area contributed by atoms with Gasteiger partial charge in [0.05, 0.1) is 6.10 Å². The van der Waals surface area contributed by atoms with E-state index < -0.39 is 0 Å². The van der Waals surface area contributed by atoms with E-state index in [1.807, 2.05) is 0 Å². The van der Waals surface area contributed by atoms with Crippen molar-refractivity contribution in [3.8, 4) is 0 Å². The van der Waals surface area contributed by atoms with Crippen LogP contribution in [0.4, 0.5) is 0 Å². The Balaban J connectivity index is 1.99. The molecule has 2 atom stereocenters. The predicted molar refractivity (Wildman–Crippen MR) is 45.9 cm³/mol. The first-order valence-corrected chi connectivity index (χ1v) is 4.99. The maximum atomic E-state index is 11.1. The van der Waals surface area contributed by atoms with Crippen LogP contribution in [-0.4, -0.2) is 18.5 Å². The number of carbonyl (C=O) groups is 1. The summed E-state index contributed by atoms with van der Waals surface area (Å²) in [6, 6.07) is 0. The van der Waals surface area contributed by atoms with Gasteiger partial charge in [0.1, 0.15) is 6.61 Å². The first-order chi connectivity index (χ1) is 5.86. The van der Waals surface area contributed by atoms with E-state index in [2.05, 4.69) is 0 Å². The molecule has 0 aromatic heterocycles. The number of ketones is 1. The lowest BCUT2D eigenvalue weighted by Gasteiger charge is -2.29. The van der Waals surface area contributed by atoms with Crippen molar-refractivity contribution in [3.05, 3.63) is 0 Å². The minimum atomic E-state index is 0.304. The van der Waals surface area contributed by atoms with Crippen LogP contribution in [0, 0.1) is 5.92 Å². The molecule has 1 heterocycles. The summed E-state index contributed by atoms with van der Waals surface area (Å²) < 4.78 is 5.52. The second-order valence-electron chi connectivity index (χ2n) is 3.99. The Labute approximate surface area is 73.3 Å². The van der Waals surface area contributed by atoms with Crippen molar-refractivity contribution in [3.63, 3.8) is 0 Å². The molecule has 0 bridgehead atoms. The second-order valence-corrected chi connectivity index (χ2v) is 3.99. The SMILES string of the molecule is O=C1CO[C@H]2CCCCC[C@H]2C1. The maximum Gasteiger partial charge on any atom is 0.158 e. The number of hydrogen-bond acceptors (Lipinski definition) is 2. The Morgan fingerprint density at radius 1 is 1.17 bits per heavy atom. The zero-order chi connectivity index (χ0) is 8.39. The van der Waals surface area contributed by atoms with Crippen LogP contribution in [0.5, 0.6) is 0 Å². The van der Waals surface area contributed by atoms with E-state index >= 15 is 0 Å². The molecule has 2 fully saturated rings. The van der Waals surface area contributed by atoms with Gasteiger partial charge in [-0.15, -0.1) is 0 Å². The summed E-state index contributed by atoms with van der Waals surface area (Å²) in [5, 5.41) is 0. The van der Waals surface area contributed by atoms with Gasteiger partial charge in [-0.1, -0.05) is 19.3 Å². The molecule has 2 nitrogen and oxygen atoms in total. The molecule has 1 aliphatic heterocycles. The topological polar surface area (TPSA) is 26.3 Å². The highest BCUT2D eigenvalue weighted by atomic mass is 16.5. The zero-order valence-electron chi connectivity index (χ0n) is 7.42. The smallest absolute Gasteiger partial charge is 0.158 e. The predicted octanol–water partition coefficient (Wildman–Crippen LogP) is 1.92. The number of ether oxygens (including phenoxy) is 1. The van der Waals surface area contributed by atoms with E-state index in [9.17, 15) is 4.79 Å². The number of fused-ring (bicyclic) bond motifs is 1. The Kier molecular flexibility index (Phi) is 2.45. The van der Waals surface area contributed by atoms with Gasteiger partial charge >= 0.3 is 0 Å². The summed E-state index contributed by atoms with van der Waals surface area (Å²) in [4.78, 5) is 11.1. The zero-order valence-corrected chi connectivity index (χ0v) is 7.42. The van der Waals surface area contributed by atoms with Crippen molar-refractivity contribution < 1.29 is 9.53 Å². The Hall–Kier alpha value is -0.370. The van der Waals surface area contributed by atoms with Gasteiger partial charge in [0.15, 0.2) is 5.78 Å². The molecular formula is C10H16O2. The monoisotopic (exact) mass is 168 g/mol. The molecule has 2 heteroatoms. The highest BCUT2D eigenvalue weighted by molar-refractivity contribution is 5.80. The molecule has 0 unspecified atom stereocenters. The van der Waals surface area contributed by atoms with E-state index in [4.69, 9.17) is 4.74 Å². The lowest BCUT2D eigenvalue weighted by Crippen LogP contribution is -2.33. The number of Topliss-reactive ketones (excluding diaryl/α,β-unsaturated/α-hetero) is 1. The largest absolute Gasteiger partial charge is 0.370 e. The Bertz CT molecular complexity index is 177. The fourth-order valence-electron chi connectivity index (χ4n) is 2.35. The number of rotatable bonds is 0. The highest BCUT2D eigenvalue weighted by Gasteiger charge is 2.30. The lowest BCUT2D eigenvalue weighted by atomic mass is 9.90. The second kappa shape index (κ2) is 3.56. The lowest BCUT2D eigenvalue weighted by molar-refractivity contribution is -0.136. The summed E-state index contributed by atoms with van der Waals surface area (Å²) in [6.07, 6.45) is 7.47. The minimum absolute atomic E-state index is 0.304. The van der Waals surface area contributed by atoms with Crippen molar-refractivity contribution in [1.29, 1.82) is 0 Å². The fourth-order valence-corrected chi connectivity index (χ4v) is 2.35. The molecule has 0 amide bonds. The van der Waals surface area contributed by atoms with E-state index in [0.717, 1.165) is 6.42 Å². The fraction of sp³-hybridized carbons (Fsp3) is 0.900. The third-order valence-electron chi connectivity index (χ3n) is 3.04. The summed E-state index contributed by atoms with van der Waals surface area (Å²) in [7, 11) is 0. The van der Waals surface area contributed by atoms with Crippen molar-refractivity contribution >= 4 is 5.78 Å². The first-order valence-electron chi connectivity index (χ1n) is 4.99. The number of hydrogen-bond donors (Lipinski definition) is 0. The van der Waals surface area contributed by atoms with E-state index in [1.54, 1.807) is 0 Å². The normalized spacial score (nSPS) is 37.2. The average Bonchev–Trinajstić information content (AvgIpc) is 2.28. The number of carbonyl (C=O) groups excluding carboxylic acids is 1. The standard InChI is InChI=1S/C10H16O2/c11-9-6-8-4-2-1-3-5-10(8)12-7-9/h8,10H,1-7H2/t8-,10-/m0/s1. The molecule has 12 heavy (non-hydrogen) atoms. The minimum Gasteiger partial charge on any atom is -0.370 e. The van der Waals surface area contributed by atoms with Gasteiger partial charge in [-0.2, -0.15) is 0 Å². The van der Waals surface area contributed by atoms with Crippen LogP contribution >= 0.6 is 0 Å². The van der Waals surface area contributed by atoms with E-state index in [-0.39, 0.29) is 0 Å². The molecule has 1 saturated carbocycles. The molecule has 1 aliphatic carbocycles. The molecule has 0 N–H and O–H groups in total. The van der Waals surface area contributed by atoms with Crippen LogP contribution < -0.4 is 0 Å². The van der Waals surface area contributed by atoms with Gasteiger partial charge in [-0.05, 0) is 18.8 Å². The average molecular weight is 168 g/mol. The molecule has 0 spiro atoms. The van der Waals surface area contributed by atoms with Crippen LogP contribution in [0.25, 0.3) is 0 Å². The summed E-state index contributed by atoms with van der Waals surface area (Å²) in [6.45, 7) is 0.376. The van der Waals surface area contributed by atoms with Gasteiger partial charge < -0.3 is 4.74 Å². The summed E-state index contributed by atoms with van der Waals surface area (Å²) >= 11 is 0. The van der Waals surface area contributed by atoms with Crippen molar-refractivity contribution in [2.75, 3.05) is 6.61 Å². The maximum absolute atomic E-state index is 11.1. The molecule has 2 aliphatic rings. The van der Waals surface area contributed by atoms with Gasteiger partial charge in [0.2, 0.25) is 0 Å². The highest BCUT2D eigenvalue weighted by Crippen LogP contribution is 2.30. The molecule has 1 saturated heterocycles. The van der Waals surface area contributed by atoms with Gasteiger partial charge in [-0.3, -0.25) is 4.79 Å². The van der Waals surface area contributed by atoms with E-state index in [0.29, 0.717) is 24.4 Å². The third kappa shape index (κ3) is 1.69. The van der Waals surface area contributed by atoms with Crippen LogP contribution in [0.15, 0.2) is 0 Å². The van der Waals surface area contributed by atoms with Gasteiger partial charge in [0, 0.05) is 6.42 Å². The Morgan fingerprint density at radius 2 is 2.00 bits per heavy atom. The molecule has 0 aromatic carbocycles. The summed E-state index contributed by atoms with van der Waals surface area (Å²) in [5.41, 5.74) is 0. The van der Waals surface area contributed by atoms with Crippen LogP contribution in [0.1, 0.15) is 38.5 Å². The summed E-state index contributed by atoms with van der Waals surface area (Å²) in [5.74, 6) is 0.854. The van der Waals surface area contributed by atoms with Crippen molar-refractivity contribution in [2.45, 2.75) is 44.6 Å². The first kappa shape index (κ1) is 8.24. The van der Waals surface area contributed by atoms with Crippen molar-refractivity contribution in [2.24, 2.45) is 5.92 Å². The molecule has 68 valence electrons. The molecule has 0 aromatic rings. The van der Waals surface area contributed by atoms with Gasteiger partial charge in [0.25, 0.3) is 0 Å². The quantitative estimate of drug-likeness (QED) is 0.552. The van der Waals surface area contributed by atoms with E-state index in [1.165, 1.54) is 32.1 Å². The van der Waals surface area contributed by atoms with Gasteiger partial charge in [-0.25, -0.2) is 0 Å². The van der Waals surface area contributed by atoms with Crippen LogP contribution in [0.3, 0.4) is 0 Å². The van der Waals surface area contributed by atoms with Crippen LogP contribution in [0.2, 0.25) is 0 Å². The van der Waals surface area contributed by atoms with Crippen LogP contribution in [-0.2, 0) is 9.53 Å². The molecule has 0 radical (unpaired) electrons. The third-order valence-corrected chi connectivity index (χ3v) is 3.04.